The van der Waals surface area contributed by atoms with Gasteiger partial charge in [0, 0.05) is 5.69 Å². The summed E-state index contributed by atoms with van der Waals surface area (Å²) in [6.07, 6.45) is 0. The summed E-state index contributed by atoms with van der Waals surface area (Å²) in [7, 11) is 1.61. The van der Waals surface area contributed by atoms with Crippen molar-refractivity contribution >= 4 is 23.4 Å². The van der Waals surface area contributed by atoms with Gasteiger partial charge in [0.15, 0.2) is 0 Å². The SMILES string of the molecule is COc1ccc(NC(=O)[C@@H]2Sc3nnc(C)n3N[C@H]2c2ccccc2)cc1. The maximum absolute atomic E-state index is 13.1. The van der Waals surface area contributed by atoms with Gasteiger partial charge in [-0.1, -0.05) is 42.1 Å². The van der Waals surface area contributed by atoms with Crippen molar-refractivity contribution in [2.24, 2.45) is 0 Å². The summed E-state index contributed by atoms with van der Waals surface area (Å²) in [5, 5.41) is 11.5. The van der Waals surface area contributed by atoms with Crippen molar-refractivity contribution in [3.8, 4) is 5.75 Å². The van der Waals surface area contributed by atoms with E-state index in [-0.39, 0.29) is 11.9 Å². The molecule has 0 fully saturated rings. The number of hydrogen-bond acceptors (Lipinski definition) is 6. The summed E-state index contributed by atoms with van der Waals surface area (Å²) < 4.78 is 6.99. The van der Waals surface area contributed by atoms with Crippen molar-refractivity contribution < 1.29 is 9.53 Å². The fourth-order valence-corrected chi connectivity index (χ4v) is 4.08. The monoisotopic (exact) mass is 381 g/mol. The van der Waals surface area contributed by atoms with E-state index in [9.17, 15) is 4.79 Å². The molecule has 1 aromatic heterocycles. The van der Waals surface area contributed by atoms with E-state index in [0.29, 0.717) is 5.16 Å². The van der Waals surface area contributed by atoms with E-state index in [2.05, 4.69) is 20.9 Å². The van der Waals surface area contributed by atoms with Crippen LogP contribution in [0.5, 0.6) is 5.75 Å². The van der Waals surface area contributed by atoms with Crippen molar-refractivity contribution in [2.75, 3.05) is 17.9 Å². The highest BCUT2D eigenvalue weighted by Crippen LogP contribution is 2.37. The molecule has 0 aliphatic carbocycles. The van der Waals surface area contributed by atoms with Crippen LogP contribution in [0.3, 0.4) is 0 Å². The van der Waals surface area contributed by atoms with Gasteiger partial charge >= 0.3 is 0 Å². The molecule has 2 N–H and O–H groups in total. The molecule has 1 amide bonds. The Morgan fingerprint density at radius 2 is 1.89 bits per heavy atom. The van der Waals surface area contributed by atoms with Crippen molar-refractivity contribution in [1.29, 1.82) is 0 Å². The number of anilines is 1. The largest absolute Gasteiger partial charge is 0.497 e. The van der Waals surface area contributed by atoms with Crippen LogP contribution in [0.1, 0.15) is 17.4 Å². The van der Waals surface area contributed by atoms with Gasteiger partial charge < -0.3 is 15.5 Å². The molecule has 0 saturated carbocycles. The number of carbonyl (C=O) groups is 1. The highest BCUT2D eigenvalue weighted by atomic mass is 32.2. The Hall–Kier alpha value is -3.00. The van der Waals surface area contributed by atoms with Crippen molar-refractivity contribution in [3.63, 3.8) is 0 Å². The molecule has 0 saturated heterocycles. The average Bonchev–Trinajstić information content (AvgIpc) is 3.08. The number of thioether (sulfide) groups is 1. The first-order valence-corrected chi connectivity index (χ1v) is 9.39. The fourth-order valence-electron chi connectivity index (χ4n) is 2.96. The molecule has 1 aliphatic heterocycles. The second kappa shape index (κ2) is 7.32. The molecule has 138 valence electrons. The molecule has 0 spiro atoms. The van der Waals surface area contributed by atoms with Crippen LogP contribution in [0.15, 0.2) is 59.8 Å². The van der Waals surface area contributed by atoms with Gasteiger partial charge in [0.1, 0.15) is 16.8 Å². The average molecular weight is 381 g/mol. The number of aryl methyl sites for hydroxylation is 1. The Balaban J connectivity index is 1.62. The van der Waals surface area contributed by atoms with Gasteiger partial charge in [-0.05, 0) is 36.8 Å². The summed E-state index contributed by atoms with van der Waals surface area (Å²) in [6, 6.07) is 17.0. The standard InChI is InChI=1S/C19H19N5O2S/c1-12-21-22-19-24(12)23-16(13-6-4-3-5-7-13)17(27-19)18(25)20-14-8-10-15(26-2)11-9-14/h3-11,16-17,23H,1-2H3,(H,20,25)/t16-,17+/m0/s1. The maximum atomic E-state index is 13.1. The molecule has 2 atom stereocenters. The molecule has 2 aromatic carbocycles. The number of carbonyl (C=O) groups excluding carboxylic acids is 1. The van der Waals surface area contributed by atoms with Crippen LogP contribution in [0.2, 0.25) is 0 Å². The van der Waals surface area contributed by atoms with E-state index in [4.69, 9.17) is 4.74 Å². The highest BCUT2D eigenvalue weighted by Gasteiger charge is 2.37. The number of amides is 1. The molecule has 3 aromatic rings. The second-order valence-electron chi connectivity index (χ2n) is 6.14. The van der Waals surface area contributed by atoms with Crippen molar-refractivity contribution in [3.05, 3.63) is 66.0 Å². The molecule has 2 heterocycles. The quantitative estimate of drug-likeness (QED) is 0.723. The van der Waals surface area contributed by atoms with Gasteiger partial charge in [-0.3, -0.25) is 4.79 Å². The van der Waals surface area contributed by atoms with Gasteiger partial charge in [-0.25, -0.2) is 4.68 Å². The molecular formula is C19H19N5O2S. The number of nitrogens with one attached hydrogen (secondary N) is 2. The van der Waals surface area contributed by atoms with Gasteiger partial charge in [-0.2, -0.15) is 0 Å². The van der Waals surface area contributed by atoms with Crippen LogP contribution in [0.25, 0.3) is 0 Å². The normalized spacial score (nSPS) is 18.3. The van der Waals surface area contributed by atoms with Crippen molar-refractivity contribution in [2.45, 2.75) is 23.4 Å². The first kappa shape index (κ1) is 17.4. The highest BCUT2D eigenvalue weighted by molar-refractivity contribution is 8.00. The van der Waals surface area contributed by atoms with Gasteiger partial charge in [0.05, 0.1) is 13.2 Å². The van der Waals surface area contributed by atoms with Crippen LogP contribution in [0.4, 0.5) is 5.69 Å². The lowest BCUT2D eigenvalue weighted by atomic mass is 10.0. The molecular weight excluding hydrogens is 362 g/mol. The second-order valence-corrected chi connectivity index (χ2v) is 7.25. The molecule has 7 nitrogen and oxygen atoms in total. The minimum atomic E-state index is -0.398. The first-order valence-electron chi connectivity index (χ1n) is 8.51. The minimum Gasteiger partial charge on any atom is -0.497 e. The summed E-state index contributed by atoms with van der Waals surface area (Å²) in [4.78, 5) is 13.1. The van der Waals surface area contributed by atoms with E-state index in [1.807, 2.05) is 66.2 Å². The van der Waals surface area contributed by atoms with Gasteiger partial charge in [0.2, 0.25) is 11.1 Å². The lowest BCUT2D eigenvalue weighted by Gasteiger charge is -2.32. The minimum absolute atomic E-state index is 0.0987. The lowest BCUT2D eigenvalue weighted by molar-refractivity contribution is -0.116. The first-order chi connectivity index (χ1) is 13.2. The molecule has 27 heavy (non-hydrogen) atoms. The van der Waals surface area contributed by atoms with Crippen LogP contribution < -0.4 is 15.5 Å². The van der Waals surface area contributed by atoms with Crippen LogP contribution in [-0.2, 0) is 4.79 Å². The Morgan fingerprint density at radius 3 is 2.59 bits per heavy atom. The van der Waals surface area contributed by atoms with E-state index in [1.54, 1.807) is 7.11 Å². The third kappa shape index (κ3) is 3.48. The van der Waals surface area contributed by atoms with E-state index in [1.165, 1.54) is 11.8 Å². The number of fused-ring (bicyclic) bond motifs is 1. The van der Waals surface area contributed by atoms with Gasteiger partial charge in [-0.15, -0.1) is 10.2 Å². The molecule has 4 rings (SSSR count). The van der Waals surface area contributed by atoms with Gasteiger partial charge in [0.25, 0.3) is 0 Å². The van der Waals surface area contributed by atoms with Crippen LogP contribution in [0, 0.1) is 6.92 Å². The Morgan fingerprint density at radius 1 is 1.15 bits per heavy atom. The smallest absolute Gasteiger partial charge is 0.240 e. The Bertz CT molecular complexity index is 942. The zero-order chi connectivity index (χ0) is 18.8. The topological polar surface area (TPSA) is 81.1 Å². The molecule has 1 aliphatic rings. The number of rotatable bonds is 4. The van der Waals surface area contributed by atoms with E-state index in [0.717, 1.165) is 22.8 Å². The summed E-state index contributed by atoms with van der Waals surface area (Å²) in [6.45, 7) is 1.88. The summed E-state index contributed by atoms with van der Waals surface area (Å²) in [5.41, 5.74) is 5.13. The summed E-state index contributed by atoms with van der Waals surface area (Å²) >= 11 is 1.41. The Labute approximate surface area is 161 Å². The van der Waals surface area contributed by atoms with E-state index < -0.39 is 5.25 Å². The zero-order valence-electron chi connectivity index (χ0n) is 14.9. The molecule has 0 bridgehead atoms. The third-order valence-corrected chi connectivity index (χ3v) is 5.59. The predicted octanol–water partition coefficient (Wildman–Crippen LogP) is 2.99. The fraction of sp³-hybridized carbons (Fsp3) is 0.211. The number of hydrogen-bond donors (Lipinski definition) is 2. The number of ether oxygens (including phenoxy) is 1. The number of nitrogens with zero attached hydrogens (tertiary/aromatic N) is 3. The molecule has 0 radical (unpaired) electrons. The number of benzene rings is 2. The maximum Gasteiger partial charge on any atom is 0.240 e. The molecule has 8 heteroatoms. The number of methoxy groups -OCH3 is 1. The number of aromatic nitrogens is 3. The third-order valence-electron chi connectivity index (χ3n) is 4.37. The van der Waals surface area contributed by atoms with Crippen LogP contribution in [-0.4, -0.2) is 33.1 Å². The Kier molecular flexibility index (Phi) is 4.72. The lowest BCUT2D eigenvalue weighted by Crippen LogP contribution is -2.41. The van der Waals surface area contributed by atoms with Crippen LogP contribution >= 0.6 is 11.8 Å². The summed E-state index contributed by atoms with van der Waals surface area (Å²) in [5.74, 6) is 1.40. The van der Waals surface area contributed by atoms with Crippen molar-refractivity contribution in [1.82, 2.24) is 14.9 Å². The molecule has 0 unspecified atom stereocenters. The van der Waals surface area contributed by atoms with E-state index >= 15 is 0 Å². The predicted molar refractivity (Wildman–Crippen MR) is 105 cm³/mol. The zero-order valence-corrected chi connectivity index (χ0v) is 15.7.